The number of carbonyl (C=O) groups is 1. The summed E-state index contributed by atoms with van der Waals surface area (Å²) < 4.78 is 7.20. The highest BCUT2D eigenvalue weighted by molar-refractivity contribution is 5.89. The molecule has 2 rings (SSSR count). The second-order valence-corrected chi connectivity index (χ2v) is 4.10. The Morgan fingerprint density at radius 3 is 2.50 bits per heavy atom. The highest BCUT2D eigenvalue weighted by Gasteiger charge is 2.17. The van der Waals surface area contributed by atoms with Crippen molar-refractivity contribution in [3.63, 3.8) is 0 Å². The molecule has 2 aromatic rings. The molecular weight excluding hydrogens is 230 g/mol. The van der Waals surface area contributed by atoms with E-state index < -0.39 is 5.97 Å². The summed E-state index contributed by atoms with van der Waals surface area (Å²) in [5, 5.41) is 9.13. The summed E-state index contributed by atoms with van der Waals surface area (Å²) in [5.74, 6) is -0.194. The van der Waals surface area contributed by atoms with Crippen LogP contribution in [-0.4, -0.2) is 22.8 Å². The SMILES string of the molecule is COc1ccccc1-n1c(C)cc(C(=O)O)c1C. The molecule has 0 atom stereocenters. The average Bonchev–Trinajstić information content (AvgIpc) is 2.65. The van der Waals surface area contributed by atoms with Gasteiger partial charge in [0, 0.05) is 11.4 Å². The van der Waals surface area contributed by atoms with Crippen LogP contribution in [0.3, 0.4) is 0 Å². The number of para-hydroxylation sites is 2. The van der Waals surface area contributed by atoms with Crippen molar-refractivity contribution in [2.75, 3.05) is 7.11 Å². The predicted octanol–water partition coefficient (Wildman–Crippen LogP) is 2.80. The molecule has 0 aliphatic heterocycles. The van der Waals surface area contributed by atoms with E-state index in [0.717, 1.165) is 17.1 Å². The Kier molecular flexibility index (Phi) is 3.10. The molecule has 1 aromatic heterocycles. The molecule has 18 heavy (non-hydrogen) atoms. The molecule has 0 bridgehead atoms. The van der Waals surface area contributed by atoms with Crippen LogP contribution in [0.1, 0.15) is 21.7 Å². The van der Waals surface area contributed by atoms with E-state index in [1.165, 1.54) is 0 Å². The number of nitrogens with zero attached hydrogens (tertiary/aromatic N) is 1. The molecule has 1 aromatic carbocycles. The summed E-state index contributed by atoms with van der Waals surface area (Å²) >= 11 is 0. The van der Waals surface area contributed by atoms with Crippen LogP contribution in [0.2, 0.25) is 0 Å². The van der Waals surface area contributed by atoms with E-state index >= 15 is 0 Å². The number of aryl methyl sites for hydroxylation is 1. The highest BCUT2D eigenvalue weighted by atomic mass is 16.5. The molecule has 0 unspecified atom stereocenters. The van der Waals surface area contributed by atoms with Crippen LogP contribution in [0.5, 0.6) is 5.75 Å². The van der Waals surface area contributed by atoms with Crippen molar-refractivity contribution >= 4 is 5.97 Å². The number of hydrogen-bond acceptors (Lipinski definition) is 2. The van der Waals surface area contributed by atoms with Gasteiger partial charge in [-0.2, -0.15) is 0 Å². The number of hydrogen-bond donors (Lipinski definition) is 1. The van der Waals surface area contributed by atoms with Crippen LogP contribution >= 0.6 is 0 Å². The molecule has 1 N–H and O–H groups in total. The Bertz CT molecular complexity index is 599. The van der Waals surface area contributed by atoms with Crippen molar-refractivity contribution in [1.82, 2.24) is 4.57 Å². The molecular formula is C14H15NO3. The van der Waals surface area contributed by atoms with Crippen LogP contribution in [0, 0.1) is 13.8 Å². The smallest absolute Gasteiger partial charge is 0.337 e. The van der Waals surface area contributed by atoms with Crippen molar-refractivity contribution < 1.29 is 14.6 Å². The molecule has 0 spiro atoms. The van der Waals surface area contributed by atoms with E-state index in [0.29, 0.717) is 11.3 Å². The third kappa shape index (κ3) is 1.86. The van der Waals surface area contributed by atoms with E-state index in [1.54, 1.807) is 20.1 Å². The zero-order valence-corrected chi connectivity index (χ0v) is 10.6. The quantitative estimate of drug-likeness (QED) is 0.904. The highest BCUT2D eigenvalue weighted by Crippen LogP contribution is 2.27. The van der Waals surface area contributed by atoms with E-state index in [-0.39, 0.29) is 0 Å². The normalized spacial score (nSPS) is 10.4. The average molecular weight is 245 g/mol. The summed E-state index contributed by atoms with van der Waals surface area (Å²) in [7, 11) is 1.60. The lowest BCUT2D eigenvalue weighted by molar-refractivity contribution is 0.0696. The van der Waals surface area contributed by atoms with Gasteiger partial charge < -0.3 is 14.4 Å². The molecule has 0 aliphatic rings. The van der Waals surface area contributed by atoms with Gasteiger partial charge in [-0.3, -0.25) is 0 Å². The summed E-state index contributed by atoms with van der Waals surface area (Å²) in [6.45, 7) is 3.68. The fourth-order valence-electron chi connectivity index (χ4n) is 2.16. The molecule has 0 amide bonds. The topological polar surface area (TPSA) is 51.5 Å². The van der Waals surface area contributed by atoms with Gasteiger partial charge in [0.05, 0.1) is 18.4 Å². The molecule has 0 saturated carbocycles. The first-order chi connectivity index (χ1) is 8.56. The van der Waals surface area contributed by atoms with E-state index in [4.69, 9.17) is 9.84 Å². The lowest BCUT2D eigenvalue weighted by Crippen LogP contribution is -2.04. The first-order valence-electron chi connectivity index (χ1n) is 5.62. The third-order valence-corrected chi connectivity index (χ3v) is 2.99. The number of benzene rings is 1. The van der Waals surface area contributed by atoms with Crippen molar-refractivity contribution in [2.24, 2.45) is 0 Å². The van der Waals surface area contributed by atoms with Gasteiger partial charge in [0.2, 0.25) is 0 Å². The van der Waals surface area contributed by atoms with Gasteiger partial charge in [0.15, 0.2) is 0 Å². The van der Waals surface area contributed by atoms with Crippen molar-refractivity contribution in [3.05, 3.63) is 47.3 Å². The standard InChI is InChI=1S/C14H15NO3/c1-9-8-11(14(16)17)10(2)15(9)12-6-4-5-7-13(12)18-3/h4-8H,1-3H3,(H,16,17). The minimum atomic E-state index is -0.913. The van der Waals surface area contributed by atoms with Gasteiger partial charge in [-0.25, -0.2) is 4.79 Å². The Hall–Kier alpha value is -2.23. The maximum Gasteiger partial charge on any atom is 0.337 e. The largest absolute Gasteiger partial charge is 0.495 e. The number of carboxylic acid groups (broad SMARTS) is 1. The minimum absolute atomic E-state index is 0.318. The van der Waals surface area contributed by atoms with Gasteiger partial charge in [-0.1, -0.05) is 12.1 Å². The Morgan fingerprint density at radius 2 is 1.94 bits per heavy atom. The zero-order chi connectivity index (χ0) is 13.3. The van der Waals surface area contributed by atoms with Gasteiger partial charge >= 0.3 is 5.97 Å². The van der Waals surface area contributed by atoms with Crippen molar-refractivity contribution in [1.29, 1.82) is 0 Å². The van der Waals surface area contributed by atoms with Gasteiger partial charge in [-0.15, -0.1) is 0 Å². The van der Waals surface area contributed by atoms with E-state index in [9.17, 15) is 4.79 Å². The lowest BCUT2D eigenvalue weighted by atomic mass is 10.2. The number of aromatic carboxylic acids is 1. The lowest BCUT2D eigenvalue weighted by Gasteiger charge is -2.13. The van der Waals surface area contributed by atoms with E-state index in [1.807, 2.05) is 35.8 Å². The Morgan fingerprint density at radius 1 is 1.28 bits per heavy atom. The Balaban J connectivity index is 2.68. The van der Waals surface area contributed by atoms with Crippen molar-refractivity contribution in [3.8, 4) is 11.4 Å². The van der Waals surface area contributed by atoms with Gasteiger partial charge in [0.25, 0.3) is 0 Å². The minimum Gasteiger partial charge on any atom is -0.495 e. The van der Waals surface area contributed by atoms with E-state index in [2.05, 4.69) is 0 Å². The van der Waals surface area contributed by atoms with Gasteiger partial charge in [0.1, 0.15) is 5.75 Å². The second-order valence-electron chi connectivity index (χ2n) is 4.10. The number of aromatic nitrogens is 1. The van der Waals surface area contributed by atoms with Crippen LogP contribution in [0.4, 0.5) is 0 Å². The zero-order valence-electron chi connectivity index (χ0n) is 10.6. The summed E-state index contributed by atoms with van der Waals surface area (Å²) in [6, 6.07) is 9.22. The number of methoxy groups -OCH3 is 1. The van der Waals surface area contributed by atoms with Crippen LogP contribution < -0.4 is 4.74 Å². The summed E-state index contributed by atoms with van der Waals surface area (Å²) in [4.78, 5) is 11.1. The molecule has 94 valence electrons. The molecule has 4 nitrogen and oxygen atoms in total. The maximum absolute atomic E-state index is 11.1. The third-order valence-electron chi connectivity index (χ3n) is 2.99. The molecule has 0 aliphatic carbocycles. The number of ether oxygens (including phenoxy) is 1. The monoisotopic (exact) mass is 245 g/mol. The maximum atomic E-state index is 11.1. The summed E-state index contributed by atoms with van der Waals surface area (Å²) in [6.07, 6.45) is 0. The van der Waals surface area contributed by atoms with Gasteiger partial charge in [-0.05, 0) is 32.0 Å². The first kappa shape index (κ1) is 12.2. The molecule has 0 radical (unpaired) electrons. The molecule has 4 heteroatoms. The Labute approximate surface area is 105 Å². The number of carboxylic acids is 1. The predicted molar refractivity (Wildman–Crippen MR) is 68.8 cm³/mol. The number of rotatable bonds is 3. The summed E-state index contributed by atoms with van der Waals surface area (Å²) in [5.41, 5.74) is 2.74. The molecule has 0 saturated heterocycles. The van der Waals surface area contributed by atoms with Crippen LogP contribution in [0.15, 0.2) is 30.3 Å². The molecule has 1 heterocycles. The van der Waals surface area contributed by atoms with Crippen LogP contribution in [-0.2, 0) is 0 Å². The fraction of sp³-hybridized carbons (Fsp3) is 0.214. The van der Waals surface area contributed by atoms with Crippen LogP contribution in [0.25, 0.3) is 5.69 Å². The molecule has 0 fully saturated rings. The fourth-order valence-corrected chi connectivity index (χ4v) is 2.16. The second kappa shape index (κ2) is 4.56. The first-order valence-corrected chi connectivity index (χ1v) is 5.62. The van der Waals surface area contributed by atoms with Crippen molar-refractivity contribution in [2.45, 2.75) is 13.8 Å².